The lowest BCUT2D eigenvalue weighted by Crippen LogP contribution is -2.40. The van der Waals surface area contributed by atoms with Gasteiger partial charge in [0.05, 0.1) is 11.9 Å². The van der Waals surface area contributed by atoms with Crippen molar-refractivity contribution in [3.05, 3.63) is 24.3 Å². The van der Waals surface area contributed by atoms with E-state index in [1.807, 2.05) is 4.90 Å². The van der Waals surface area contributed by atoms with Gasteiger partial charge in [-0.25, -0.2) is 8.42 Å². The maximum atomic E-state index is 12.4. The van der Waals surface area contributed by atoms with E-state index in [1.54, 1.807) is 24.3 Å². The first-order chi connectivity index (χ1) is 12.2. The first kappa shape index (κ1) is 20.2. The SMILES string of the molecule is CC(=O)Nc1cccc(N(CCC(=O)N2CCC(C)CC2)S(C)(=O)=O)c1. The Morgan fingerprint density at radius 1 is 1.27 bits per heavy atom. The van der Waals surface area contributed by atoms with Gasteiger partial charge in [-0.3, -0.25) is 13.9 Å². The van der Waals surface area contributed by atoms with Crippen molar-refractivity contribution in [3.8, 4) is 0 Å². The molecule has 0 unspecified atom stereocenters. The largest absolute Gasteiger partial charge is 0.343 e. The summed E-state index contributed by atoms with van der Waals surface area (Å²) in [6.45, 7) is 5.11. The second kappa shape index (κ2) is 8.53. The van der Waals surface area contributed by atoms with E-state index >= 15 is 0 Å². The van der Waals surface area contributed by atoms with Crippen LogP contribution in [0.5, 0.6) is 0 Å². The smallest absolute Gasteiger partial charge is 0.232 e. The topological polar surface area (TPSA) is 86.8 Å². The molecular formula is C18H27N3O4S. The zero-order valence-electron chi connectivity index (χ0n) is 15.6. The maximum absolute atomic E-state index is 12.4. The molecule has 1 saturated heterocycles. The zero-order valence-corrected chi connectivity index (χ0v) is 16.4. The molecule has 0 atom stereocenters. The second-order valence-electron chi connectivity index (χ2n) is 6.88. The van der Waals surface area contributed by atoms with Gasteiger partial charge in [0.1, 0.15) is 0 Å². The normalized spacial score (nSPS) is 15.6. The summed E-state index contributed by atoms with van der Waals surface area (Å²) in [6.07, 6.45) is 3.22. The van der Waals surface area contributed by atoms with E-state index in [0.717, 1.165) is 32.2 Å². The number of rotatable bonds is 6. The standard InChI is InChI=1S/C18H27N3O4S/c1-14-7-10-20(11-8-14)18(23)9-12-21(26(3,24)25)17-6-4-5-16(13-17)19-15(2)22/h4-6,13-14H,7-12H2,1-3H3,(H,19,22). The Kier molecular flexibility index (Phi) is 6.63. The van der Waals surface area contributed by atoms with Crippen LogP contribution in [0.4, 0.5) is 11.4 Å². The monoisotopic (exact) mass is 381 g/mol. The molecule has 0 saturated carbocycles. The molecule has 0 spiro atoms. The third-order valence-electron chi connectivity index (χ3n) is 4.52. The summed E-state index contributed by atoms with van der Waals surface area (Å²) in [5.41, 5.74) is 0.943. The Morgan fingerprint density at radius 3 is 2.50 bits per heavy atom. The molecule has 1 aliphatic heterocycles. The van der Waals surface area contributed by atoms with Gasteiger partial charge in [-0.1, -0.05) is 13.0 Å². The summed E-state index contributed by atoms with van der Waals surface area (Å²) >= 11 is 0. The summed E-state index contributed by atoms with van der Waals surface area (Å²) in [6, 6.07) is 6.60. The van der Waals surface area contributed by atoms with Crippen molar-refractivity contribution in [2.75, 3.05) is 35.5 Å². The number of piperidine rings is 1. The molecule has 1 aromatic rings. The molecule has 26 heavy (non-hydrogen) atoms. The van der Waals surface area contributed by atoms with Crippen molar-refractivity contribution >= 4 is 33.2 Å². The third kappa shape index (κ3) is 5.72. The van der Waals surface area contributed by atoms with Crippen molar-refractivity contribution in [3.63, 3.8) is 0 Å². The van der Waals surface area contributed by atoms with Crippen molar-refractivity contribution in [1.82, 2.24) is 4.90 Å². The Labute approximate surface area is 155 Å². The molecule has 144 valence electrons. The maximum Gasteiger partial charge on any atom is 0.232 e. The summed E-state index contributed by atoms with van der Waals surface area (Å²) in [4.78, 5) is 25.5. The van der Waals surface area contributed by atoms with E-state index in [4.69, 9.17) is 0 Å². The average Bonchev–Trinajstić information content (AvgIpc) is 2.54. The Balaban J connectivity index is 2.09. The van der Waals surface area contributed by atoms with Gasteiger partial charge < -0.3 is 10.2 Å². The van der Waals surface area contributed by atoms with Gasteiger partial charge in [0.15, 0.2) is 0 Å². The number of carbonyl (C=O) groups is 2. The molecule has 0 aliphatic carbocycles. The van der Waals surface area contributed by atoms with Crippen molar-refractivity contribution in [2.24, 2.45) is 5.92 Å². The molecule has 1 heterocycles. The average molecular weight is 381 g/mol. The van der Waals surface area contributed by atoms with Crippen LogP contribution in [0.2, 0.25) is 0 Å². The fraction of sp³-hybridized carbons (Fsp3) is 0.556. The highest BCUT2D eigenvalue weighted by Gasteiger charge is 2.23. The molecule has 2 amide bonds. The minimum absolute atomic E-state index is 0.0245. The van der Waals surface area contributed by atoms with Crippen LogP contribution in [0.15, 0.2) is 24.3 Å². The number of hydrogen-bond acceptors (Lipinski definition) is 4. The minimum Gasteiger partial charge on any atom is -0.343 e. The summed E-state index contributed by atoms with van der Waals surface area (Å²) in [5, 5.41) is 2.64. The van der Waals surface area contributed by atoms with E-state index < -0.39 is 10.0 Å². The lowest BCUT2D eigenvalue weighted by Gasteiger charge is -2.31. The molecule has 1 fully saturated rings. The Morgan fingerprint density at radius 2 is 1.92 bits per heavy atom. The highest BCUT2D eigenvalue weighted by molar-refractivity contribution is 7.92. The molecular weight excluding hydrogens is 354 g/mol. The predicted molar refractivity (Wildman–Crippen MR) is 103 cm³/mol. The van der Waals surface area contributed by atoms with E-state index in [-0.39, 0.29) is 24.8 Å². The van der Waals surface area contributed by atoms with E-state index in [9.17, 15) is 18.0 Å². The van der Waals surface area contributed by atoms with E-state index in [0.29, 0.717) is 17.3 Å². The fourth-order valence-corrected chi connectivity index (χ4v) is 3.96. The summed E-state index contributed by atoms with van der Waals surface area (Å²) < 4.78 is 25.6. The van der Waals surface area contributed by atoms with Crippen LogP contribution in [-0.4, -0.2) is 51.0 Å². The number of hydrogen-bond donors (Lipinski definition) is 1. The van der Waals surface area contributed by atoms with Gasteiger partial charge in [-0.05, 0) is 37.0 Å². The van der Waals surface area contributed by atoms with Crippen LogP contribution in [0, 0.1) is 5.92 Å². The Hall–Kier alpha value is -2.09. The second-order valence-corrected chi connectivity index (χ2v) is 8.79. The number of anilines is 2. The molecule has 1 aliphatic rings. The van der Waals surface area contributed by atoms with Crippen LogP contribution in [-0.2, 0) is 19.6 Å². The minimum atomic E-state index is -3.55. The van der Waals surface area contributed by atoms with Crippen LogP contribution in [0.3, 0.4) is 0 Å². The zero-order chi connectivity index (χ0) is 19.3. The molecule has 7 nitrogen and oxygen atoms in total. The summed E-state index contributed by atoms with van der Waals surface area (Å²) in [7, 11) is -3.55. The highest BCUT2D eigenvalue weighted by atomic mass is 32.2. The van der Waals surface area contributed by atoms with E-state index in [1.165, 1.54) is 11.2 Å². The molecule has 0 bridgehead atoms. The van der Waals surface area contributed by atoms with Crippen molar-refractivity contribution < 1.29 is 18.0 Å². The van der Waals surface area contributed by atoms with Crippen LogP contribution < -0.4 is 9.62 Å². The van der Waals surface area contributed by atoms with Gasteiger partial charge in [-0.15, -0.1) is 0 Å². The molecule has 2 rings (SSSR count). The predicted octanol–water partition coefficient (Wildman–Crippen LogP) is 2.06. The molecule has 1 N–H and O–H groups in total. The number of benzene rings is 1. The first-order valence-electron chi connectivity index (χ1n) is 8.80. The van der Waals surface area contributed by atoms with Crippen molar-refractivity contribution in [2.45, 2.75) is 33.1 Å². The first-order valence-corrected chi connectivity index (χ1v) is 10.6. The van der Waals surface area contributed by atoms with Gasteiger partial charge in [0.2, 0.25) is 21.8 Å². The van der Waals surface area contributed by atoms with Gasteiger partial charge in [0.25, 0.3) is 0 Å². The molecule has 0 aromatic heterocycles. The number of nitrogens with one attached hydrogen (secondary N) is 1. The van der Waals surface area contributed by atoms with Gasteiger partial charge in [0, 0.05) is 38.7 Å². The number of amides is 2. The molecule has 1 aromatic carbocycles. The molecule has 0 radical (unpaired) electrons. The number of sulfonamides is 1. The van der Waals surface area contributed by atoms with Crippen LogP contribution in [0.1, 0.15) is 33.1 Å². The highest BCUT2D eigenvalue weighted by Crippen LogP contribution is 2.23. The molecule has 8 heteroatoms. The van der Waals surface area contributed by atoms with Gasteiger partial charge in [-0.2, -0.15) is 0 Å². The lowest BCUT2D eigenvalue weighted by molar-refractivity contribution is -0.132. The quantitative estimate of drug-likeness (QED) is 0.817. The van der Waals surface area contributed by atoms with Crippen LogP contribution >= 0.6 is 0 Å². The van der Waals surface area contributed by atoms with Crippen LogP contribution in [0.25, 0.3) is 0 Å². The number of carbonyl (C=O) groups excluding carboxylic acids is 2. The van der Waals surface area contributed by atoms with Crippen molar-refractivity contribution in [1.29, 1.82) is 0 Å². The summed E-state index contributed by atoms with van der Waals surface area (Å²) in [5.74, 6) is 0.370. The van der Waals surface area contributed by atoms with Gasteiger partial charge >= 0.3 is 0 Å². The third-order valence-corrected chi connectivity index (χ3v) is 5.71. The Bertz CT molecular complexity index is 755. The number of likely N-dealkylation sites (tertiary alicyclic amines) is 1. The number of nitrogens with zero attached hydrogens (tertiary/aromatic N) is 2. The fourth-order valence-electron chi connectivity index (χ4n) is 3.04. The lowest BCUT2D eigenvalue weighted by atomic mass is 9.99. The van der Waals surface area contributed by atoms with E-state index in [2.05, 4.69) is 12.2 Å².